The Hall–Kier alpha value is -1.13. The first-order valence-electron chi connectivity index (χ1n) is 4.69. The SMILES string of the molecule is O=C1N[C@H](c2c(O)cc(Cl)cc2Cl)CCO1. The van der Waals surface area contributed by atoms with E-state index in [2.05, 4.69) is 5.32 Å². The van der Waals surface area contributed by atoms with Gasteiger partial charge in [0.05, 0.1) is 17.7 Å². The quantitative estimate of drug-likeness (QED) is 0.818. The summed E-state index contributed by atoms with van der Waals surface area (Å²) in [5.41, 5.74) is 0.475. The summed E-state index contributed by atoms with van der Waals surface area (Å²) < 4.78 is 4.73. The summed E-state index contributed by atoms with van der Waals surface area (Å²) in [5.74, 6) is -0.0234. The van der Waals surface area contributed by atoms with Crippen molar-refractivity contribution in [2.75, 3.05) is 6.61 Å². The molecule has 6 heteroatoms. The Morgan fingerprint density at radius 2 is 2.19 bits per heavy atom. The van der Waals surface area contributed by atoms with E-state index < -0.39 is 6.09 Å². The lowest BCUT2D eigenvalue weighted by atomic mass is 10.0. The maximum absolute atomic E-state index is 11.1. The van der Waals surface area contributed by atoms with Gasteiger partial charge in [-0.25, -0.2) is 4.79 Å². The molecule has 1 atom stereocenters. The Balaban J connectivity index is 2.35. The summed E-state index contributed by atoms with van der Waals surface area (Å²) in [7, 11) is 0. The van der Waals surface area contributed by atoms with Crippen LogP contribution in [0.25, 0.3) is 0 Å². The van der Waals surface area contributed by atoms with E-state index in [1.807, 2.05) is 0 Å². The zero-order valence-corrected chi connectivity index (χ0v) is 9.68. The van der Waals surface area contributed by atoms with Crippen LogP contribution in [0.4, 0.5) is 4.79 Å². The minimum Gasteiger partial charge on any atom is -0.507 e. The molecule has 0 bridgehead atoms. The van der Waals surface area contributed by atoms with Gasteiger partial charge in [0.15, 0.2) is 0 Å². The summed E-state index contributed by atoms with van der Waals surface area (Å²) in [6.45, 7) is 0.300. The smallest absolute Gasteiger partial charge is 0.407 e. The number of rotatable bonds is 1. The molecule has 2 N–H and O–H groups in total. The van der Waals surface area contributed by atoms with E-state index in [9.17, 15) is 9.90 Å². The first-order chi connectivity index (χ1) is 7.58. The van der Waals surface area contributed by atoms with Gasteiger partial charge >= 0.3 is 6.09 Å². The minimum absolute atomic E-state index is 0.0234. The van der Waals surface area contributed by atoms with E-state index >= 15 is 0 Å². The second-order valence-corrected chi connectivity index (χ2v) is 4.29. The van der Waals surface area contributed by atoms with Gasteiger partial charge in [-0.05, 0) is 12.1 Å². The molecule has 1 aromatic rings. The molecule has 1 aliphatic heterocycles. The van der Waals surface area contributed by atoms with Crippen LogP contribution >= 0.6 is 23.2 Å². The van der Waals surface area contributed by atoms with Gasteiger partial charge in [0.1, 0.15) is 5.75 Å². The Bertz CT molecular complexity index is 413. The van der Waals surface area contributed by atoms with Crippen molar-refractivity contribution < 1.29 is 14.6 Å². The molecule has 1 aliphatic rings. The van der Waals surface area contributed by atoms with Crippen LogP contribution in [0.5, 0.6) is 5.75 Å². The molecule has 0 unspecified atom stereocenters. The Morgan fingerprint density at radius 3 is 2.81 bits per heavy atom. The van der Waals surface area contributed by atoms with Crippen molar-refractivity contribution in [3.63, 3.8) is 0 Å². The van der Waals surface area contributed by atoms with Crippen molar-refractivity contribution in [1.29, 1.82) is 0 Å². The van der Waals surface area contributed by atoms with E-state index in [1.165, 1.54) is 12.1 Å². The Labute approximate surface area is 102 Å². The van der Waals surface area contributed by atoms with Crippen molar-refractivity contribution in [2.24, 2.45) is 0 Å². The standard InChI is InChI=1S/C10H9Cl2NO3/c11-5-3-6(12)9(8(14)4-5)7-1-2-16-10(15)13-7/h3-4,7,14H,1-2H2,(H,13,15)/t7-/m0/s1. The zero-order valence-electron chi connectivity index (χ0n) is 8.17. The molecule has 0 spiro atoms. The van der Waals surface area contributed by atoms with Crippen molar-refractivity contribution in [3.05, 3.63) is 27.7 Å². The number of ether oxygens (including phenoxy) is 1. The molecule has 86 valence electrons. The van der Waals surface area contributed by atoms with Crippen LogP contribution < -0.4 is 5.32 Å². The van der Waals surface area contributed by atoms with Gasteiger partial charge in [0, 0.05) is 17.0 Å². The van der Waals surface area contributed by atoms with E-state index in [0.717, 1.165) is 0 Å². The van der Waals surface area contributed by atoms with E-state index in [-0.39, 0.29) is 11.8 Å². The van der Waals surface area contributed by atoms with Gasteiger partial charge in [-0.1, -0.05) is 23.2 Å². The third kappa shape index (κ3) is 2.18. The number of phenols is 1. The first-order valence-corrected chi connectivity index (χ1v) is 5.44. The molecule has 4 nitrogen and oxygen atoms in total. The number of aromatic hydroxyl groups is 1. The highest BCUT2D eigenvalue weighted by atomic mass is 35.5. The highest BCUT2D eigenvalue weighted by molar-refractivity contribution is 6.35. The summed E-state index contributed by atoms with van der Waals surface area (Å²) >= 11 is 11.7. The van der Waals surface area contributed by atoms with E-state index in [1.54, 1.807) is 0 Å². The molecule has 0 aliphatic carbocycles. The van der Waals surface area contributed by atoms with E-state index in [0.29, 0.717) is 28.6 Å². The van der Waals surface area contributed by atoms with Crippen LogP contribution in [0, 0.1) is 0 Å². The largest absolute Gasteiger partial charge is 0.507 e. The molecular formula is C10H9Cl2NO3. The van der Waals surface area contributed by atoms with Gasteiger partial charge in [-0.15, -0.1) is 0 Å². The van der Waals surface area contributed by atoms with Crippen LogP contribution in [0.1, 0.15) is 18.0 Å². The van der Waals surface area contributed by atoms with Crippen molar-refractivity contribution in [2.45, 2.75) is 12.5 Å². The van der Waals surface area contributed by atoms with Gasteiger partial charge < -0.3 is 15.2 Å². The van der Waals surface area contributed by atoms with Crippen LogP contribution in [0.15, 0.2) is 12.1 Å². The van der Waals surface area contributed by atoms with Crippen LogP contribution in [-0.4, -0.2) is 17.8 Å². The fourth-order valence-corrected chi connectivity index (χ4v) is 2.27. The number of phenolic OH excluding ortho intramolecular Hbond substituents is 1. The van der Waals surface area contributed by atoms with Crippen molar-refractivity contribution in [3.8, 4) is 5.75 Å². The fraction of sp³-hybridized carbons (Fsp3) is 0.300. The second-order valence-electron chi connectivity index (χ2n) is 3.44. The maximum Gasteiger partial charge on any atom is 0.407 e. The van der Waals surface area contributed by atoms with Crippen LogP contribution in [0.3, 0.4) is 0 Å². The lowest BCUT2D eigenvalue weighted by Crippen LogP contribution is -2.35. The van der Waals surface area contributed by atoms with Crippen LogP contribution in [-0.2, 0) is 4.74 Å². The maximum atomic E-state index is 11.1. The monoisotopic (exact) mass is 261 g/mol. The summed E-state index contributed by atoms with van der Waals surface area (Å²) in [6, 6.07) is 2.58. The molecule has 2 rings (SSSR count). The summed E-state index contributed by atoms with van der Waals surface area (Å²) in [5, 5.41) is 13.0. The molecule has 1 saturated heterocycles. The number of halogens is 2. The predicted molar refractivity (Wildman–Crippen MR) is 60.0 cm³/mol. The van der Waals surface area contributed by atoms with Gasteiger partial charge in [-0.2, -0.15) is 0 Å². The highest BCUT2D eigenvalue weighted by Gasteiger charge is 2.25. The Morgan fingerprint density at radius 1 is 1.44 bits per heavy atom. The molecule has 0 aromatic heterocycles. The number of hydrogen-bond donors (Lipinski definition) is 2. The normalized spacial score (nSPS) is 20.1. The molecule has 1 fully saturated rings. The molecule has 0 saturated carbocycles. The zero-order chi connectivity index (χ0) is 11.7. The van der Waals surface area contributed by atoms with Gasteiger partial charge in [-0.3, -0.25) is 0 Å². The molecule has 1 aromatic carbocycles. The number of nitrogens with one attached hydrogen (secondary N) is 1. The number of carbonyl (C=O) groups excluding carboxylic acids is 1. The fourth-order valence-electron chi connectivity index (χ4n) is 1.66. The van der Waals surface area contributed by atoms with Crippen molar-refractivity contribution in [1.82, 2.24) is 5.32 Å². The average molecular weight is 262 g/mol. The first kappa shape index (κ1) is 11.4. The van der Waals surface area contributed by atoms with Gasteiger partial charge in [0.2, 0.25) is 0 Å². The second kappa shape index (κ2) is 4.39. The van der Waals surface area contributed by atoms with Crippen LogP contribution in [0.2, 0.25) is 10.0 Å². The number of alkyl carbamates (subject to hydrolysis) is 1. The number of carbonyl (C=O) groups is 1. The lowest BCUT2D eigenvalue weighted by molar-refractivity contribution is 0.115. The number of amides is 1. The lowest BCUT2D eigenvalue weighted by Gasteiger charge is -2.25. The molecule has 0 radical (unpaired) electrons. The topological polar surface area (TPSA) is 58.6 Å². The summed E-state index contributed by atoms with van der Waals surface area (Å²) in [4.78, 5) is 11.1. The number of benzene rings is 1. The third-order valence-electron chi connectivity index (χ3n) is 2.35. The minimum atomic E-state index is -0.512. The van der Waals surface area contributed by atoms with Gasteiger partial charge in [0.25, 0.3) is 0 Å². The predicted octanol–water partition coefficient (Wildman–Crippen LogP) is 2.87. The number of hydrogen-bond acceptors (Lipinski definition) is 3. The Kier molecular flexibility index (Phi) is 3.12. The molecular weight excluding hydrogens is 253 g/mol. The molecule has 1 amide bonds. The summed E-state index contributed by atoms with van der Waals surface area (Å²) in [6.07, 6.45) is 0.0439. The molecule has 1 heterocycles. The van der Waals surface area contributed by atoms with Crippen molar-refractivity contribution >= 4 is 29.3 Å². The molecule has 16 heavy (non-hydrogen) atoms. The number of cyclic esters (lactones) is 1. The third-order valence-corrected chi connectivity index (χ3v) is 2.88. The highest BCUT2D eigenvalue weighted by Crippen LogP contribution is 2.36. The van der Waals surface area contributed by atoms with E-state index in [4.69, 9.17) is 27.9 Å². The average Bonchev–Trinajstić information content (AvgIpc) is 2.15.